The molecule has 26 heavy (non-hydrogen) atoms. The van der Waals surface area contributed by atoms with Gasteiger partial charge >= 0.3 is 11.9 Å². The van der Waals surface area contributed by atoms with E-state index >= 15 is 0 Å². The molecule has 0 aromatic carbocycles. The largest absolute Gasteiger partial charge is 0.481 e. The first-order valence-electron chi connectivity index (χ1n) is 9.39. The van der Waals surface area contributed by atoms with Crippen LogP contribution in [0.4, 0.5) is 0 Å². The highest BCUT2D eigenvalue weighted by molar-refractivity contribution is 7.80. The van der Waals surface area contributed by atoms with Gasteiger partial charge in [-0.05, 0) is 48.7 Å². The molecule has 0 saturated heterocycles. The highest BCUT2D eigenvalue weighted by atomic mass is 32.1. The summed E-state index contributed by atoms with van der Waals surface area (Å²) in [6.07, 6.45) is 6.00. The first-order valence-corrected chi connectivity index (χ1v) is 9.80. The van der Waals surface area contributed by atoms with Crippen LogP contribution in [0.15, 0.2) is 0 Å². The van der Waals surface area contributed by atoms with Crippen molar-refractivity contribution >= 4 is 29.3 Å². The molecule has 0 aliphatic rings. The van der Waals surface area contributed by atoms with Gasteiger partial charge in [0.25, 0.3) is 0 Å². The lowest BCUT2D eigenvalue weighted by Gasteiger charge is -2.22. The van der Waals surface area contributed by atoms with E-state index in [1.165, 1.54) is 0 Å². The molecule has 0 aliphatic heterocycles. The standard InChI is InChI=1S/C19H36N2O4S/c1-18(2,13-15(22)23)9-5-7-11-20-17(26)21-12-8-6-10-19(3,4)14-16(24)25/h5-14H2,1-4H3,(H,22,23)(H,24,25)(H2,20,21,26). The number of aliphatic carboxylic acids is 2. The van der Waals surface area contributed by atoms with Gasteiger partial charge in [0.15, 0.2) is 5.11 Å². The van der Waals surface area contributed by atoms with Crippen LogP contribution in [0.3, 0.4) is 0 Å². The Labute approximate surface area is 163 Å². The maximum absolute atomic E-state index is 10.8. The van der Waals surface area contributed by atoms with Gasteiger partial charge in [0.1, 0.15) is 0 Å². The van der Waals surface area contributed by atoms with Gasteiger partial charge in [-0.3, -0.25) is 9.59 Å². The van der Waals surface area contributed by atoms with Crippen molar-refractivity contribution in [3.05, 3.63) is 0 Å². The van der Waals surface area contributed by atoms with Gasteiger partial charge < -0.3 is 20.8 Å². The molecule has 0 aliphatic carbocycles. The van der Waals surface area contributed by atoms with Crippen molar-refractivity contribution in [3.8, 4) is 0 Å². The minimum atomic E-state index is -0.746. The van der Waals surface area contributed by atoms with Gasteiger partial charge in [-0.1, -0.05) is 40.5 Å². The maximum Gasteiger partial charge on any atom is 0.303 e. The SMILES string of the molecule is CC(C)(CCCCNC(=S)NCCCCC(C)(C)CC(=O)O)CC(=O)O. The van der Waals surface area contributed by atoms with E-state index < -0.39 is 11.9 Å². The molecule has 6 nitrogen and oxygen atoms in total. The predicted molar refractivity (Wildman–Crippen MR) is 108 cm³/mol. The zero-order chi connectivity index (χ0) is 20.2. The number of hydrogen-bond acceptors (Lipinski definition) is 3. The van der Waals surface area contributed by atoms with E-state index in [9.17, 15) is 9.59 Å². The molecule has 0 unspecified atom stereocenters. The predicted octanol–water partition coefficient (Wildman–Crippen LogP) is 3.79. The summed E-state index contributed by atoms with van der Waals surface area (Å²) in [4.78, 5) is 21.6. The molecule has 0 spiro atoms. The average Bonchev–Trinajstić information content (AvgIpc) is 2.43. The van der Waals surface area contributed by atoms with Crippen LogP contribution in [-0.4, -0.2) is 40.4 Å². The van der Waals surface area contributed by atoms with Gasteiger partial charge in [-0.2, -0.15) is 0 Å². The van der Waals surface area contributed by atoms with Crippen LogP contribution < -0.4 is 10.6 Å². The Hall–Kier alpha value is -1.37. The Morgan fingerprint density at radius 3 is 1.42 bits per heavy atom. The lowest BCUT2D eigenvalue weighted by molar-refractivity contribution is -0.140. The van der Waals surface area contributed by atoms with Crippen molar-refractivity contribution in [3.63, 3.8) is 0 Å². The second-order valence-corrected chi connectivity index (χ2v) is 8.97. The molecule has 0 aromatic rings. The van der Waals surface area contributed by atoms with Crippen LogP contribution in [0.5, 0.6) is 0 Å². The molecule has 0 saturated carbocycles. The van der Waals surface area contributed by atoms with Crippen LogP contribution in [0.2, 0.25) is 0 Å². The van der Waals surface area contributed by atoms with Gasteiger partial charge in [-0.15, -0.1) is 0 Å². The zero-order valence-corrected chi connectivity index (χ0v) is 17.5. The van der Waals surface area contributed by atoms with Crippen molar-refractivity contribution in [2.75, 3.05) is 13.1 Å². The fourth-order valence-corrected chi connectivity index (χ4v) is 3.12. The Morgan fingerprint density at radius 1 is 0.769 bits per heavy atom. The molecule has 4 N–H and O–H groups in total. The van der Waals surface area contributed by atoms with Crippen LogP contribution in [0, 0.1) is 10.8 Å². The molecule has 0 fully saturated rings. The van der Waals surface area contributed by atoms with E-state index in [1.807, 2.05) is 27.7 Å². The third-order valence-corrected chi connectivity index (χ3v) is 4.68. The van der Waals surface area contributed by atoms with E-state index in [2.05, 4.69) is 10.6 Å². The molecule has 0 rings (SSSR count). The minimum absolute atomic E-state index is 0.168. The van der Waals surface area contributed by atoms with Crippen molar-refractivity contribution in [2.24, 2.45) is 10.8 Å². The van der Waals surface area contributed by atoms with E-state index in [-0.39, 0.29) is 23.7 Å². The monoisotopic (exact) mass is 388 g/mol. The second-order valence-electron chi connectivity index (χ2n) is 8.57. The molecule has 152 valence electrons. The van der Waals surface area contributed by atoms with E-state index in [4.69, 9.17) is 22.4 Å². The third kappa shape index (κ3) is 14.9. The summed E-state index contributed by atoms with van der Waals surface area (Å²) < 4.78 is 0. The molecule has 0 heterocycles. The first kappa shape index (κ1) is 24.6. The summed E-state index contributed by atoms with van der Waals surface area (Å²) in [6, 6.07) is 0. The smallest absolute Gasteiger partial charge is 0.303 e. The Morgan fingerprint density at radius 2 is 1.12 bits per heavy atom. The first-order chi connectivity index (χ1) is 11.9. The number of carbonyl (C=O) groups is 2. The molecule has 7 heteroatoms. The highest BCUT2D eigenvalue weighted by Gasteiger charge is 2.21. The van der Waals surface area contributed by atoms with Gasteiger partial charge in [0.05, 0.1) is 12.8 Å². The summed E-state index contributed by atoms with van der Waals surface area (Å²) in [6.45, 7) is 9.50. The van der Waals surface area contributed by atoms with Crippen molar-refractivity contribution in [1.29, 1.82) is 0 Å². The lowest BCUT2D eigenvalue weighted by atomic mass is 9.84. The summed E-state index contributed by atoms with van der Waals surface area (Å²) in [5, 5.41) is 24.7. The fraction of sp³-hybridized carbons (Fsp3) is 0.842. The number of thiocarbonyl (C=S) groups is 1. The number of carboxylic acid groups (broad SMARTS) is 2. The number of rotatable bonds is 14. The highest BCUT2D eigenvalue weighted by Crippen LogP contribution is 2.27. The van der Waals surface area contributed by atoms with E-state index in [1.54, 1.807) is 0 Å². The summed E-state index contributed by atoms with van der Waals surface area (Å²) in [5.74, 6) is -1.49. The topological polar surface area (TPSA) is 98.7 Å². The zero-order valence-electron chi connectivity index (χ0n) is 16.7. The van der Waals surface area contributed by atoms with Crippen molar-refractivity contribution in [1.82, 2.24) is 10.6 Å². The van der Waals surface area contributed by atoms with Crippen molar-refractivity contribution < 1.29 is 19.8 Å². The van der Waals surface area contributed by atoms with Gasteiger partial charge in [0, 0.05) is 13.1 Å². The summed E-state index contributed by atoms with van der Waals surface area (Å²) in [7, 11) is 0. The Balaban J connectivity index is 3.67. The van der Waals surface area contributed by atoms with Crippen LogP contribution in [-0.2, 0) is 9.59 Å². The number of hydrogen-bond donors (Lipinski definition) is 4. The third-order valence-electron chi connectivity index (χ3n) is 4.39. The Kier molecular flexibility index (Phi) is 11.5. The molecular weight excluding hydrogens is 352 g/mol. The number of unbranched alkanes of at least 4 members (excludes halogenated alkanes) is 2. The van der Waals surface area contributed by atoms with Crippen LogP contribution in [0.1, 0.15) is 79.1 Å². The quantitative estimate of drug-likeness (QED) is 0.265. The second kappa shape index (κ2) is 12.1. The molecule has 0 bridgehead atoms. The molecule has 0 radical (unpaired) electrons. The number of nitrogens with one attached hydrogen (secondary N) is 2. The van der Waals surface area contributed by atoms with E-state index in [0.29, 0.717) is 5.11 Å². The maximum atomic E-state index is 10.8. The summed E-state index contributed by atoms with van der Waals surface area (Å²) >= 11 is 5.24. The molecule has 0 atom stereocenters. The average molecular weight is 389 g/mol. The number of carboxylic acids is 2. The van der Waals surface area contributed by atoms with Gasteiger partial charge in [-0.25, -0.2) is 0 Å². The lowest BCUT2D eigenvalue weighted by Crippen LogP contribution is -2.36. The molecule has 0 amide bonds. The van der Waals surface area contributed by atoms with Crippen LogP contribution in [0.25, 0.3) is 0 Å². The molecule has 0 aromatic heterocycles. The molecular formula is C19H36N2O4S. The summed E-state index contributed by atoms with van der Waals surface area (Å²) in [5.41, 5.74) is -0.335. The van der Waals surface area contributed by atoms with Crippen LogP contribution >= 0.6 is 12.2 Å². The van der Waals surface area contributed by atoms with Gasteiger partial charge in [0.2, 0.25) is 0 Å². The normalized spacial score (nSPS) is 11.8. The minimum Gasteiger partial charge on any atom is -0.481 e. The van der Waals surface area contributed by atoms with E-state index in [0.717, 1.165) is 51.6 Å². The Bertz CT molecular complexity index is 424. The fourth-order valence-electron chi connectivity index (χ4n) is 2.92. The van der Waals surface area contributed by atoms with Crippen molar-refractivity contribution in [2.45, 2.75) is 79.1 Å².